The molecule has 0 bridgehead atoms. The van der Waals surface area contributed by atoms with Crippen molar-refractivity contribution in [3.05, 3.63) is 29.8 Å². The van der Waals surface area contributed by atoms with Gasteiger partial charge in [0.15, 0.2) is 6.10 Å². The molecule has 18 heavy (non-hydrogen) atoms. The lowest BCUT2D eigenvalue weighted by molar-refractivity contribution is -0.146. The molecule has 4 N–H and O–H groups in total. The van der Waals surface area contributed by atoms with Gasteiger partial charge in [0.25, 0.3) is 0 Å². The molecular formula is C12H16N2O4. The quantitative estimate of drug-likeness (QED) is 0.623. The summed E-state index contributed by atoms with van der Waals surface area (Å²) in [5.74, 6) is -1.37. The highest BCUT2D eigenvalue weighted by Gasteiger charge is 2.13. The smallest absolute Gasteiger partial charge is 0.334 e. The van der Waals surface area contributed by atoms with Crippen LogP contribution in [0.15, 0.2) is 24.3 Å². The maximum atomic E-state index is 11.4. The first-order valence-electron chi connectivity index (χ1n) is 5.57. The summed E-state index contributed by atoms with van der Waals surface area (Å²) < 4.78 is 0. The highest BCUT2D eigenvalue weighted by molar-refractivity contribution is 5.89. The average molecular weight is 252 g/mol. The molecule has 1 unspecified atom stereocenters. The highest BCUT2D eigenvalue weighted by atomic mass is 16.4. The van der Waals surface area contributed by atoms with Crippen molar-refractivity contribution in [1.29, 1.82) is 0 Å². The van der Waals surface area contributed by atoms with Gasteiger partial charge >= 0.3 is 12.0 Å². The largest absolute Gasteiger partial charge is 0.479 e. The minimum Gasteiger partial charge on any atom is -0.479 e. The van der Waals surface area contributed by atoms with Gasteiger partial charge in [0.1, 0.15) is 0 Å². The van der Waals surface area contributed by atoms with E-state index in [2.05, 4.69) is 10.6 Å². The lowest BCUT2D eigenvalue weighted by Crippen LogP contribution is -2.38. The Morgan fingerprint density at radius 3 is 2.72 bits per heavy atom. The summed E-state index contributed by atoms with van der Waals surface area (Å²) in [5, 5.41) is 22.2. The third-order valence-electron chi connectivity index (χ3n) is 2.33. The molecule has 0 aromatic heterocycles. The van der Waals surface area contributed by atoms with Gasteiger partial charge in [-0.2, -0.15) is 0 Å². The number of aliphatic hydroxyl groups is 1. The van der Waals surface area contributed by atoms with Crippen molar-refractivity contribution in [1.82, 2.24) is 5.32 Å². The molecule has 1 rings (SSSR count). The van der Waals surface area contributed by atoms with Gasteiger partial charge in [-0.15, -0.1) is 0 Å². The molecule has 0 fully saturated rings. The fourth-order valence-corrected chi connectivity index (χ4v) is 1.32. The van der Waals surface area contributed by atoms with Crippen LogP contribution in [0, 0.1) is 0 Å². The van der Waals surface area contributed by atoms with Crippen molar-refractivity contribution in [2.45, 2.75) is 19.4 Å². The van der Waals surface area contributed by atoms with Crippen LogP contribution in [0.25, 0.3) is 0 Å². The zero-order valence-corrected chi connectivity index (χ0v) is 10.0. The molecule has 0 aliphatic heterocycles. The number of hydrogen-bond donors (Lipinski definition) is 4. The fraction of sp³-hybridized carbons (Fsp3) is 0.333. The van der Waals surface area contributed by atoms with Crippen LogP contribution in [0.5, 0.6) is 0 Å². The molecule has 0 saturated heterocycles. The second-order valence-electron chi connectivity index (χ2n) is 3.74. The monoisotopic (exact) mass is 252 g/mol. The summed E-state index contributed by atoms with van der Waals surface area (Å²) in [4.78, 5) is 21.7. The molecule has 0 radical (unpaired) electrons. The summed E-state index contributed by atoms with van der Waals surface area (Å²) >= 11 is 0. The fourth-order valence-electron chi connectivity index (χ4n) is 1.32. The second kappa shape index (κ2) is 6.61. The summed E-state index contributed by atoms with van der Waals surface area (Å²) in [7, 11) is 0. The lowest BCUT2D eigenvalue weighted by atomic mass is 10.1. The SMILES string of the molecule is CCc1cccc(NC(=O)NCC(O)C(=O)O)c1. The van der Waals surface area contributed by atoms with Gasteiger partial charge in [-0.25, -0.2) is 9.59 Å². The maximum Gasteiger partial charge on any atom is 0.334 e. The van der Waals surface area contributed by atoms with Gasteiger partial charge in [-0.1, -0.05) is 19.1 Å². The Hall–Kier alpha value is -2.08. The summed E-state index contributed by atoms with van der Waals surface area (Å²) in [6.07, 6.45) is -0.743. The Balaban J connectivity index is 2.46. The van der Waals surface area contributed by atoms with Gasteiger partial charge in [0, 0.05) is 5.69 Å². The van der Waals surface area contributed by atoms with E-state index in [0.29, 0.717) is 5.69 Å². The normalized spacial score (nSPS) is 11.7. The molecule has 1 aromatic carbocycles. The third kappa shape index (κ3) is 4.42. The van der Waals surface area contributed by atoms with Crippen LogP contribution in [0.3, 0.4) is 0 Å². The minimum atomic E-state index is -1.60. The van der Waals surface area contributed by atoms with Crippen LogP contribution in [0.1, 0.15) is 12.5 Å². The van der Waals surface area contributed by atoms with Crippen molar-refractivity contribution < 1.29 is 19.8 Å². The molecule has 1 atom stereocenters. The van der Waals surface area contributed by atoms with Crippen molar-refractivity contribution in [3.63, 3.8) is 0 Å². The van der Waals surface area contributed by atoms with Crippen molar-refractivity contribution >= 4 is 17.7 Å². The van der Waals surface area contributed by atoms with Crippen LogP contribution in [0.2, 0.25) is 0 Å². The van der Waals surface area contributed by atoms with Gasteiger partial charge in [0.05, 0.1) is 6.54 Å². The zero-order valence-electron chi connectivity index (χ0n) is 10.0. The first-order valence-corrected chi connectivity index (χ1v) is 5.57. The molecule has 0 aliphatic carbocycles. The van der Waals surface area contributed by atoms with E-state index in [0.717, 1.165) is 12.0 Å². The van der Waals surface area contributed by atoms with Gasteiger partial charge in [-0.05, 0) is 24.1 Å². The Kier molecular flexibility index (Phi) is 5.13. The number of aliphatic hydroxyl groups excluding tert-OH is 1. The summed E-state index contributed by atoms with van der Waals surface area (Å²) in [6.45, 7) is 1.66. The van der Waals surface area contributed by atoms with E-state index >= 15 is 0 Å². The number of benzene rings is 1. The Morgan fingerprint density at radius 1 is 1.39 bits per heavy atom. The van der Waals surface area contributed by atoms with Crippen molar-refractivity contribution in [2.24, 2.45) is 0 Å². The minimum absolute atomic E-state index is 0.339. The molecule has 0 aliphatic rings. The van der Waals surface area contributed by atoms with Crippen LogP contribution < -0.4 is 10.6 Å². The topological polar surface area (TPSA) is 98.7 Å². The second-order valence-corrected chi connectivity index (χ2v) is 3.74. The van der Waals surface area contributed by atoms with Gasteiger partial charge in [0.2, 0.25) is 0 Å². The summed E-state index contributed by atoms with van der Waals surface area (Å²) in [6, 6.07) is 6.76. The van der Waals surface area contributed by atoms with Crippen LogP contribution in [0.4, 0.5) is 10.5 Å². The number of urea groups is 1. The average Bonchev–Trinajstić information content (AvgIpc) is 2.36. The predicted octanol–water partition coefficient (Wildman–Crippen LogP) is 0.816. The maximum absolute atomic E-state index is 11.4. The van der Waals surface area contributed by atoms with E-state index in [1.807, 2.05) is 25.1 Å². The van der Waals surface area contributed by atoms with E-state index in [1.165, 1.54) is 0 Å². The van der Waals surface area contributed by atoms with E-state index in [-0.39, 0.29) is 6.54 Å². The van der Waals surface area contributed by atoms with E-state index in [9.17, 15) is 9.59 Å². The molecule has 6 nitrogen and oxygen atoms in total. The van der Waals surface area contributed by atoms with Crippen LogP contribution >= 0.6 is 0 Å². The van der Waals surface area contributed by atoms with E-state index < -0.39 is 18.1 Å². The highest BCUT2D eigenvalue weighted by Crippen LogP contribution is 2.10. The van der Waals surface area contributed by atoms with E-state index in [4.69, 9.17) is 10.2 Å². The van der Waals surface area contributed by atoms with E-state index in [1.54, 1.807) is 6.07 Å². The number of nitrogens with one attached hydrogen (secondary N) is 2. The Bertz CT molecular complexity index is 434. The van der Waals surface area contributed by atoms with Crippen molar-refractivity contribution in [3.8, 4) is 0 Å². The molecule has 0 spiro atoms. The number of hydrogen-bond acceptors (Lipinski definition) is 3. The molecule has 0 saturated carbocycles. The molecular weight excluding hydrogens is 236 g/mol. The van der Waals surface area contributed by atoms with Crippen LogP contribution in [-0.2, 0) is 11.2 Å². The number of carbonyl (C=O) groups is 2. The number of carboxylic acids is 1. The number of anilines is 1. The zero-order chi connectivity index (χ0) is 13.5. The Morgan fingerprint density at radius 2 is 2.11 bits per heavy atom. The number of aliphatic carboxylic acids is 1. The van der Waals surface area contributed by atoms with Crippen molar-refractivity contribution in [2.75, 3.05) is 11.9 Å². The van der Waals surface area contributed by atoms with Gasteiger partial charge < -0.3 is 20.8 Å². The van der Waals surface area contributed by atoms with Crippen LogP contribution in [-0.4, -0.2) is 34.9 Å². The number of carboxylic acid groups (broad SMARTS) is 1. The molecule has 6 heteroatoms. The lowest BCUT2D eigenvalue weighted by Gasteiger charge is -2.10. The first-order chi connectivity index (χ1) is 8.52. The molecule has 1 aromatic rings. The number of carbonyl (C=O) groups excluding carboxylic acids is 1. The number of rotatable bonds is 5. The number of aryl methyl sites for hydroxylation is 1. The first kappa shape index (κ1) is 14.0. The molecule has 2 amide bonds. The van der Waals surface area contributed by atoms with Gasteiger partial charge in [-0.3, -0.25) is 0 Å². The predicted molar refractivity (Wildman–Crippen MR) is 66.5 cm³/mol. The number of amides is 2. The molecule has 0 heterocycles. The third-order valence-corrected chi connectivity index (χ3v) is 2.33. The standard InChI is InChI=1S/C12H16N2O4/c1-2-8-4-3-5-9(6-8)14-12(18)13-7-10(15)11(16)17/h3-6,10,15H,2,7H2,1H3,(H,16,17)(H2,13,14,18). The summed E-state index contributed by atoms with van der Waals surface area (Å²) in [5.41, 5.74) is 1.70. The Labute approximate surface area is 105 Å². The molecule has 98 valence electrons.